The van der Waals surface area contributed by atoms with Crippen LogP contribution in [-0.2, 0) is 9.59 Å². The van der Waals surface area contributed by atoms with Crippen LogP contribution in [0.2, 0.25) is 5.02 Å². The molecule has 1 aliphatic heterocycles. The number of hydrogen-bond donors (Lipinski definition) is 1. The minimum Gasteiger partial charge on any atom is -0.507 e. The van der Waals surface area contributed by atoms with Crippen LogP contribution in [0.15, 0.2) is 60.2 Å². The Morgan fingerprint density at radius 3 is 2.21 bits per heavy atom. The lowest BCUT2D eigenvalue weighted by Gasteiger charge is -2.35. The molecule has 1 aliphatic carbocycles. The summed E-state index contributed by atoms with van der Waals surface area (Å²) in [5, 5.41) is 11.5. The Kier molecular flexibility index (Phi) is 5.23. The molecule has 2 aromatic carbocycles. The van der Waals surface area contributed by atoms with E-state index in [1.807, 2.05) is 30.3 Å². The van der Waals surface area contributed by atoms with Crippen molar-refractivity contribution in [3.63, 3.8) is 0 Å². The average Bonchev–Trinajstić information content (AvgIpc) is 3.00. The normalized spacial score (nSPS) is 22.6. The maximum absolute atomic E-state index is 13.0. The molecule has 0 radical (unpaired) electrons. The van der Waals surface area contributed by atoms with Gasteiger partial charge in [0, 0.05) is 16.6 Å². The highest BCUT2D eigenvalue weighted by molar-refractivity contribution is 6.46. The zero-order chi connectivity index (χ0) is 19.7. The zero-order valence-electron chi connectivity index (χ0n) is 15.5. The summed E-state index contributed by atoms with van der Waals surface area (Å²) in [5.74, 6) is -1.29. The molecule has 28 heavy (non-hydrogen) atoms. The van der Waals surface area contributed by atoms with E-state index in [2.05, 4.69) is 0 Å². The molecule has 1 heterocycles. The summed E-state index contributed by atoms with van der Waals surface area (Å²) in [4.78, 5) is 27.7. The summed E-state index contributed by atoms with van der Waals surface area (Å²) in [6.45, 7) is 0. The Bertz CT molecular complexity index is 915. The van der Waals surface area contributed by atoms with Gasteiger partial charge in [0.05, 0.1) is 11.6 Å². The lowest BCUT2D eigenvalue weighted by Crippen LogP contribution is -2.40. The molecular formula is C23H22ClNO3. The Labute approximate surface area is 169 Å². The van der Waals surface area contributed by atoms with E-state index in [9.17, 15) is 14.7 Å². The fraction of sp³-hybridized carbons (Fsp3) is 0.304. The average molecular weight is 396 g/mol. The van der Waals surface area contributed by atoms with E-state index in [0.717, 1.165) is 37.7 Å². The molecule has 1 atom stereocenters. The molecule has 1 saturated carbocycles. The standard InChI is InChI=1S/C23H22ClNO3/c24-17-13-11-16(12-14-17)21(26)19-20(15-7-3-1-4-8-15)25(23(28)22(19)27)18-9-5-2-6-10-18/h1,3-4,7-8,11-14,18,20,26H,2,5-6,9-10H2/b21-19-. The smallest absolute Gasteiger partial charge is 0.295 e. The first-order valence-corrected chi connectivity index (χ1v) is 10.1. The summed E-state index contributed by atoms with van der Waals surface area (Å²) in [6.07, 6.45) is 5.02. The van der Waals surface area contributed by atoms with E-state index < -0.39 is 17.7 Å². The molecular weight excluding hydrogens is 374 g/mol. The summed E-state index contributed by atoms with van der Waals surface area (Å²) in [7, 11) is 0. The topological polar surface area (TPSA) is 57.6 Å². The van der Waals surface area contributed by atoms with Crippen molar-refractivity contribution in [2.75, 3.05) is 0 Å². The number of ketones is 1. The second kappa shape index (κ2) is 7.80. The van der Waals surface area contributed by atoms with Crippen LogP contribution >= 0.6 is 11.6 Å². The van der Waals surface area contributed by atoms with Gasteiger partial charge in [-0.25, -0.2) is 0 Å². The van der Waals surface area contributed by atoms with Gasteiger partial charge in [-0.2, -0.15) is 0 Å². The van der Waals surface area contributed by atoms with Crippen molar-refractivity contribution in [3.05, 3.63) is 76.3 Å². The molecule has 1 N–H and O–H groups in total. The molecule has 2 fully saturated rings. The van der Waals surface area contributed by atoms with Crippen LogP contribution in [0.25, 0.3) is 5.76 Å². The van der Waals surface area contributed by atoms with Crippen molar-refractivity contribution >= 4 is 29.1 Å². The maximum Gasteiger partial charge on any atom is 0.295 e. The van der Waals surface area contributed by atoms with E-state index >= 15 is 0 Å². The van der Waals surface area contributed by atoms with Gasteiger partial charge in [0.1, 0.15) is 5.76 Å². The molecule has 2 aromatic rings. The van der Waals surface area contributed by atoms with Gasteiger partial charge in [-0.3, -0.25) is 9.59 Å². The van der Waals surface area contributed by atoms with Crippen LogP contribution < -0.4 is 0 Å². The zero-order valence-corrected chi connectivity index (χ0v) is 16.2. The maximum atomic E-state index is 13.0. The number of aliphatic hydroxyl groups excluding tert-OH is 1. The molecule has 5 heteroatoms. The Morgan fingerprint density at radius 1 is 0.929 bits per heavy atom. The van der Waals surface area contributed by atoms with Gasteiger partial charge in [-0.15, -0.1) is 0 Å². The lowest BCUT2D eigenvalue weighted by molar-refractivity contribution is -0.141. The van der Waals surface area contributed by atoms with Crippen LogP contribution in [-0.4, -0.2) is 27.7 Å². The molecule has 4 nitrogen and oxygen atoms in total. The minimum absolute atomic E-state index is 0.0194. The molecule has 1 saturated heterocycles. The number of benzene rings is 2. The highest BCUT2D eigenvalue weighted by atomic mass is 35.5. The number of aliphatic hydroxyl groups is 1. The highest BCUT2D eigenvalue weighted by Gasteiger charge is 2.48. The fourth-order valence-corrected chi connectivity index (χ4v) is 4.44. The van der Waals surface area contributed by atoms with Crippen molar-refractivity contribution in [1.82, 2.24) is 4.90 Å². The molecule has 0 spiro atoms. The Morgan fingerprint density at radius 2 is 1.57 bits per heavy atom. The van der Waals surface area contributed by atoms with Crippen LogP contribution in [0.4, 0.5) is 0 Å². The van der Waals surface area contributed by atoms with Crippen molar-refractivity contribution < 1.29 is 14.7 Å². The van der Waals surface area contributed by atoms with Gasteiger partial charge >= 0.3 is 0 Å². The van der Waals surface area contributed by atoms with Crippen LogP contribution in [0.5, 0.6) is 0 Å². The van der Waals surface area contributed by atoms with Crippen molar-refractivity contribution in [2.24, 2.45) is 0 Å². The Hall–Kier alpha value is -2.59. The quantitative estimate of drug-likeness (QED) is 0.447. The summed E-state index contributed by atoms with van der Waals surface area (Å²) in [5.41, 5.74) is 1.47. The highest BCUT2D eigenvalue weighted by Crippen LogP contribution is 2.42. The van der Waals surface area contributed by atoms with E-state index in [4.69, 9.17) is 11.6 Å². The van der Waals surface area contributed by atoms with Gasteiger partial charge in [0.15, 0.2) is 0 Å². The largest absolute Gasteiger partial charge is 0.507 e. The van der Waals surface area contributed by atoms with E-state index in [1.54, 1.807) is 29.2 Å². The molecule has 144 valence electrons. The monoisotopic (exact) mass is 395 g/mol. The number of nitrogens with zero attached hydrogens (tertiary/aromatic N) is 1. The fourth-order valence-electron chi connectivity index (χ4n) is 4.31. The van der Waals surface area contributed by atoms with Crippen LogP contribution in [0, 0.1) is 0 Å². The van der Waals surface area contributed by atoms with E-state index in [1.165, 1.54) is 0 Å². The molecule has 1 unspecified atom stereocenters. The first-order chi connectivity index (χ1) is 13.6. The Balaban J connectivity index is 1.85. The van der Waals surface area contributed by atoms with Crippen molar-refractivity contribution in [3.8, 4) is 0 Å². The van der Waals surface area contributed by atoms with Crippen LogP contribution in [0.3, 0.4) is 0 Å². The van der Waals surface area contributed by atoms with Gasteiger partial charge in [0.25, 0.3) is 11.7 Å². The molecule has 4 rings (SSSR count). The number of halogens is 1. The molecule has 1 amide bonds. The van der Waals surface area contributed by atoms with Gasteiger partial charge < -0.3 is 10.0 Å². The van der Waals surface area contributed by atoms with E-state index in [0.29, 0.717) is 10.6 Å². The summed E-state index contributed by atoms with van der Waals surface area (Å²) < 4.78 is 0. The first-order valence-electron chi connectivity index (χ1n) is 9.69. The first kappa shape index (κ1) is 18.8. The predicted molar refractivity (Wildman–Crippen MR) is 109 cm³/mol. The second-order valence-electron chi connectivity index (χ2n) is 7.42. The number of Topliss-reactive ketones (excluding diaryl/α,β-unsaturated/α-hetero) is 1. The second-order valence-corrected chi connectivity index (χ2v) is 7.85. The number of hydrogen-bond acceptors (Lipinski definition) is 3. The van der Waals surface area contributed by atoms with Crippen molar-refractivity contribution in [2.45, 2.75) is 44.2 Å². The minimum atomic E-state index is -0.619. The predicted octanol–water partition coefficient (Wildman–Crippen LogP) is 5.09. The third-order valence-corrected chi connectivity index (χ3v) is 5.93. The SMILES string of the molecule is O=C1C(=O)N(C2CCCCC2)C(c2ccccc2)/C1=C(/O)c1ccc(Cl)cc1. The van der Waals surface area contributed by atoms with Gasteiger partial charge in [0.2, 0.25) is 0 Å². The molecule has 2 aliphatic rings. The summed E-state index contributed by atoms with van der Waals surface area (Å²) in [6, 6.07) is 15.6. The number of carbonyl (C=O) groups is 2. The van der Waals surface area contributed by atoms with Crippen LogP contribution in [0.1, 0.15) is 49.3 Å². The molecule has 0 bridgehead atoms. The lowest BCUT2D eigenvalue weighted by atomic mass is 9.91. The molecule has 0 aromatic heterocycles. The van der Waals surface area contributed by atoms with E-state index in [-0.39, 0.29) is 17.4 Å². The third-order valence-electron chi connectivity index (χ3n) is 5.68. The number of amides is 1. The number of likely N-dealkylation sites (tertiary alicyclic amines) is 1. The number of carbonyl (C=O) groups excluding carboxylic acids is 2. The third kappa shape index (κ3) is 3.33. The van der Waals surface area contributed by atoms with Crippen molar-refractivity contribution in [1.29, 1.82) is 0 Å². The van der Waals surface area contributed by atoms with Gasteiger partial charge in [-0.1, -0.05) is 61.2 Å². The van der Waals surface area contributed by atoms with Gasteiger partial charge in [-0.05, 0) is 42.7 Å². The number of rotatable bonds is 3. The summed E-state index contributed by atoms with van der Waals surface area (Å²) >= 11 is 5.95.